The Morgan fingerprint density at radius 3 is 2.56 bits per heavy atom. The molecule has 0 saturated carbocycles. The minimum Gasteiger partial charge on any atom is -0.297 e. The number of hydrogen-bond donors (Lipinski definition) is 0. The highest BCUT2D eigenvalue weighted by Crippen LogP contribution is 2.33. The van der Waals surface area contributed by atoms with Crippen molar-refractivity contribution in [2.24, 2.45) is 4.99 Å². The molecule has 5 heteroatoms. The van der Waals surface area contributed by atoms with Crippen molar-refractivity contribution in [1.29, 1.82) is 0 Å². The van der Waals surface area contributed by atoms with E-state index >= 15 is 0 Å². The SMILES string of the molecule is CC1=C(N=C(SCC(=O)c2ccccc2)N(C)C=O)c2ccccc2CC1. The van der Waals surface area contributed by atoms with Gasteiger partial charge in [0.1, 0.15) is 0 Å². The molecular weight excluding hydrogens is 356 g/mol. The van der Waals surface area contributed by atoms with Crippen LogP contribution in [0.4, 0.5) is 0 Å². The summed E-state index contributed by atoms with van der Waals surface area (Å²) in [4.78, 5) is 30.0. The van der Waals surface area contributed by atoms with E-state index < -0.39 is 0 Å². The smallest absolute Gasteiger partial charge is 0.215 e. The number of carbonyl (C=O) groups is 2. The average Bonchev–Trinajstić information content (AvgIpc) is 2.72. The fourth-order valence-electron chi connectivity index (χ4n) is 2.99. The Kier molecular flexibility index (Phi) is 6.24. The first-order valence-corrected chi connectivity index (χ1v) is 9.84. The lowest BCUT2D eigenvalue weighted by atomic mass is 9.90. The molecule has 1 amide bonds. The number of hydrogen-bond acceptors (Lipinski definition) is 4. The van der Waals surface area contributed by atoms with Gasteiger partial charge in [-0.1, -0.05) is 66.4 Å². The predicted molar refractivity (Wildman–Crippen MR) is 112 cm³/mol. The minimum atomic E-state index is 0.0161. The molecule has 0 radical (unpaired) electrons. The third kappa shape index (κ3) is 4.55. The monoisotopic (exact) mass is 378 g/mol. The fraction of sp³-hybridized carbons (Fsp3) is 0.227. The van der Waals surface area contributed by atoms with Crippen LogP contribution in [0.3, 0.4) is 0 Å². The molecule has 3 rings (SSSR count). The Morgan fingerprint density at radius 2 is 1.81 bits per heavy atom. The molecule has 1 aliphatic rings. The Bertz CT molecular complexity index is 904. The first-order valence-electron chi connectivity index (χ1n) is 8.86. The molecular formula is C22H22N2O2S. The van der Waals surface area contributed by atoms with Crippen LogP contribution in [0.1, 0.15) is 34.8 Å². The maximum atomic E-state index is 12.4. The standard InChI is InChI=1S/C22H22N2O2S/c1-16-12-13-17-8-6-7-11-19(17)21(16)23-22(24(2)15-25)27-14-20(26)18-9-4-3-5-10-18/h3-11,15H,12-14H2,1-2H3. The van der Waals surface area contributed by atoms with Crippen LogP contribution >= 0.6 is 11.8 Å². The summed E-state index contributed by atoms with van der Waals surface area (Å²) in [5.41, 5.74) is 5.13. The summed E-state index contributed by atoms with van der Waals surface area (Å²) in [6.07, 6.45) is 2.67. The van der Waals surface area contributed by atoms with Crippen LogP contribution in [0.25, 0.3) is 5.70 Å². The van der Waals surface area contributed by atoms with Crippen molar-refractivity contribution < 1.29 is 9.59 Å². The van der Waals surface area contributed by atoms with Crippen molar-refractivity contribution in [2.45, 2.75) is 19.8 Å². The van der Waals surface area contributed by atoms with Crippen LogP contribution in [0.15, 0.2) is 65.2 Å². The summed E-state index contributed by atoms with van der Waals surface area (Å²) >= 11 is 1.29. The number of benzene rings is 2. The Labute approximate surface area is 164 Å². The highest BCUT2D eigenvalue weighted by Gasteiger charge is 2.18. The molecule has 0 bridgehead atoms. The second-order valence-electron chi connectivity index (χ2n) is 6.47. The highest BCUT2D eigenvalue weighted by molar-refractivity contribution is 8.14. The lowest BCUT2D eigenvalue weighted by molar-refractivity contribution is -0.113. The largest absolute Gasteiger partial charge is 0.297 e. The molecule has 27 heavy (non-hydrogen) atoms. The van der Waals surface area contributed by atoms with E-state index in [-0.39, 0.29) is 11.5 Å². The number of aliphatic imine (C=N–C) groups is 1. The summed E-state index contributed by atoms with van der Waals surface area (Å²) in [5, 5.41) is 0.528. The van der Waals surface area contributed by atoms with E-state index in [9.17, 15) is 9.59 Å². The summed E-state index contributed by atoms with van der Waals surface area (Å²) in [6, 6.07) is 17.4. The van der Waals surface area contributed by atoms with Gasteiger partial charge in [-0.2, -0.15) is 0 Å². The first-order chi connectivity index (χ1) is 13.1. The molecule has 0 spiro atoms. The first kappa shape index (κ1) is 19.1. The van der Waals surface area contributed by atoms with E-state index in [1.165, 1.54) is 27.8 Å². The molecule has 138 valence electrons. The predicted octanol–water partition coefficient (Wildman–Crippen LogP) is 4.42. The molecule has 1 aliphatic carbocycles. The van der Waals surface area contributed by atoms with Gasteiger partial charge >= 0.3 is 0 Å². The molecule has 4 nitrogen and oxygen atoms in total. The zero-order valence-electron chi connectivity index (χ0n) is 15.5. The van der Waals surface area contributed by atoms with E-state index in [4.69, 9.17) is 4.99 Å². The Balaban J connectivity index is 1.86. The topological polar surface area (TPSA) is 49.7 Å². The number of allylic oxidation sites excluding steroid dienone is 1. The van der Waals surface area contributed by atoms with Crippen LogP contribution in [0.5, 0.6) is 0 Å². The van der Waals surface area contributed by atoms with E-state index in [1.54, 1.807) is 19.2 Å². The molecule has 0 aromatic heterocycles. The number of nitrogens with zero attached hydrogens (tertiary/aromatic N) is 2. The molecule has 0 atom stereocenters. The van der Waals surface area contributed by atoms with Gasteiger partial charge in [0.25, 0.3) is 0 Å². The maximum absolute atomic E-state index is 12.4. The molecule has 2 aromatic rings. The zero-order valence-corrected chi connectivity index (χ0v) is 16.3. The van der Waals surface area contributed by atoms with Crippen molar-refractivity contribution in [3.8, 4) is 0 Å². The van der Waals surface area contributed by atoms with Crippen molar-refractivity contribution in [3.05, 3.63) is 76.9 Å². The van der Waals surface area contributed by atoms with Gasteiger partial charge in [-0.25, -0.2) is 4.99 Å². The summed E-state index contributed by atoms with van der Waals surface area (Å²) in [6.45, 7) is 2.08. The van der Waals surface area contributed by atoms with Gasteiger partial charge in [0.05, 0.1) is 11.4 Å². The molecule has 0 aliphatic heterocycles. The van der Waals surface area contributed by atoms with Crippen LogP contribution in [0, 0.1) is 0 Å². The molecule has 2 aromatic carbocycles. The second kappa shape index (κ2) is 8.82. The summed E-state index contributed by atoms with van der Waals surface area (Å²) < 4.78 is 0. The van der Waals surface area contributed by atoms with Gasteiger partial charge in [-0.15, -0.1) is 0 Å². The number of Topliss-reactive ketones (excluding diaryl/α,β-unsaturated/α-hetero) is 1. The summed E-state index contributed by atoms with van der Waals surface area (Å²) in [7, 11) is 1.66. The number of fused-ring (bicyclic) bond motifs is 1. The molecule has 0 heterocycles. The van der Waals surface area contributed by atoms with Crippen molar-refractivity contribution >= 4 is 34.8 Å². The molecule has 0 N–H and O–H groups in total. The number of thioether (sulfide) groups is 1. The molecule has 0 saturated heterocycles. The Morgan fingerprint density at radius 1 is 1.11 bits per heavy atom. The molecule has 0 unspecified atom stereocenters. The van der Waals surface area contributed by atoms with Crippen LogP contribution in [-0.2, 0) is 11.2 Å². The highest BCUT2D eigenvalue weighted by atomic mass is 32.2. The quantitative estimate of drug-likeness (QED) is 0.335. The fourth-order valence-corrected chi connectivity index (χ4v) is 3.82. The third-order valence-electron chi connectivity index (χ3n) is 4.54. The van der Waals surface area contributed by atoms with Crippen LogP contribution < -0.4 is 0 Å². The molecule has 0 fully saturated rings. The maximum Gasteiger partial charge on any atom is 0.215 e. The number of ketones is 1. The summed E-state index contributed by atoms with van der Waals surface area (Å²) in [5.74, 6) is 0.247. The lowest BCUT2D eigenvalue weighted by Gasteiger charge is -2.21. The van der Waals surface area contributed by atoms with Gasteiger partial charge < -0.3 is 0 Å². The van der Waals surface area contributed by atoms with Crippen molar-refractivity contribution in [2.75, 3.05) is 12.8 Å². The van der Waals surface area contributed by atoms with E-state index in [1.807, 2.05) is 30.3 Å². The minimum absolute atomic E-state index is 0.0161. The number of rotatable bonds is 5. The zero-order chi connectivity index (χ0) is 19.2. The van der Waals surface area contributed by atoms with Gasteiger partial charge in [-0.3, -0.25) is 14.5 Å². The number of carbonyl (C=O) groups excluding carboxylic acids is 2. The van der Waals surface area contributed by atoms with Gasteiger partial charge in [0, 0.05) is 18.2 Å². The third-order valence-corrected chi connectivity index (χ3v) is 5.59. The lowest BCUT2D eigenvalue weighted by Crippen LogP contribution is -2.24. The number of aryl methyl sites for hydroxylation is 1. The van der Waals surface area contributed by atoms with E-state index in [2.05, 4.69) is 19.1 Å². The average molecular weight is 378 g/mol. The normalized spacial score (nSPS) is 13.9. The number of amidine groups is 1. The van der Waals surface area contributed by atoms with E-state index in [0.29, 0.717) is 10.7 Å². The van der Waals surface area contributed by atoms with Gasteiger partial charge in [0.15, 0.2) is 11.0 Å². The van der Waals surface area contributed by atoms with Crippen molar-refractivity contribution in [1.82, 2.24) is 4.90 Å². The van der Waals surface area contributed by atoms with E-state index in [0.717, 1.165) is 30.5 Å². The Hall–Kier alpha value is -2.66. The van der Waals surface area contributed by atoms with Gasteiger partial charge in [-0.05, 0) is 30.9 Å². The van der Waals surface area contributed by atoms with Crippen LogP contribution in [-0.4, -0.2) is 35.1 Å². The van der Waals surface area contributed by atoms with Crippen LogP contribution in [0.2, 0.25) is 0 Å². The van der Waals surface area contributed by atoms with Crippen molar-refractivity contribution in [3.63, 3.8) is 0 Å². The number of amides is 1. The van der Waals surface area contributed by atoms with Gasteiger partial charge in [0.2, 0.25) is 6.41 Å². The second-order valence-corrected chi connectivity index (χ2v) is 7.42.